The quantitative estimate of drug-likeness (QED) is 0.315. The summed E-state index contributed by atoms with van der Waals surface area (Å²) in [6.07, 6.45) is -2.12. The van der Waals surface area contributed by atoms with Crippen LogP contribution >= 0.6 is 0 Å². The number of hydrogen-bond donors (Lipinski definition) is 0. The van der Waals surface area contributed by atoms with Crippen molar-refractivity contribution in [1.29, 1.82) is 0 Å². The Labute approximate surface area is 168 Å². The van der Waals surface area contributed by atoms with E-state index < -0.39 is 46.8 Å². The third-order valence-electron chi connectivity index (χ3n) is 4.57. The first kappa shape index (κ1) is 22.2. The van der Waals surface area contributed by atoms with Crippen LogP contribution in [0.25, 0.3) is 0 Å². The van der Waals surface area contributed by atoms with Gasteiger partial charge in [-0.3, -0.25) is 0 Å². The van der Waals surface area contributed by atoms with E-state index in [4.69, 9.17) is 9.47 Å². The predicted octanol–water partition coefficient (Wildman–Crippen LogP) is 5.79. The SMILES string of the molecule is C=CCOC1CCC(c2ccc(C(F)(F)Oc3cc(F)c(F)c(F)c3)c(F)c2)OC1. The van der Waals surface area contributed by atoms with Crippen molar-refractivity contribution in [1.82, 2.24) is 0 Å². The number of benzene rings is 2. The lowest BCUT2D eigenvalue weighted by atomic mass is 9.98. The fraction of sp³-hybridized carbons (Fsp3) is 0.333. The molecule has 2 atom stereocenters. The zero-order chi connectivity index (χ0) is 21.9. The average molecular weight is 432 g/mol. The highest BCUT2D eigenvalue weighted by Crippen LogP contribution is 2.36. The molecule has 2 unspecified atom stereocenters. The van der Waals surface area contributed by atoms with E-state index in [1.54, 1.807) is 6.08 Å². The van der Waals surface area contributed by atoms with Gasteiger partial charge in [0.25, 0.3) is 0 Å². The molecule has 0 spiro atoms. The van der Waals surface area contributed by atoms with Gasteiger partial charge in [0.2, 0.25) is 0 Å². The molecule has 1 aliphatic heterocycles. The van der Waals surface area contributed by atoms with Crippen molar-refractivity contribution >= 4 is 0 Å². The Bertz CT molecular complexity index is 887. The molecule has 1 heterocycles. The van der Waals surface area contributed by atoms with Gasteiger partial charge in [-0.1, -0.05) is 12.1 Å². The van der Waals surface area contributed by atoms with Crippen LogP contribution in [0.3, 0.4) is 0 Å². The van der Waals surface area contributed by atoms with Crippen LogP contribution in [0.5, 0.6) is 5.75 Å². The molecule has 0 aromatic heterocycles. The van der Waals surface area contributed by atoms with Gasteiger partial charge in [0.15, 0.2) is 17.5 Å². The van der Waals surface area contributed by atoms with Gasteiger partial charge in [-0.2, -0.15) is 8.78 Å². The lowest BCUT2D eigenvalue weighted by Gasteiger charge is -2.29. The van der Waals surface area contributed by atoms with E-state index in [0.29, 0.717) is 25.0 Å². The van der Waals surface area contributed by atoms with Crippen LogP contribution in [0.4, 0.5) is 26.3 Å². The monoisotopic (exact) mass is 432 g/mol. The molecule has 1 saturated heterocycles. The van der Waals surface area contributed by atoms with E-state index >= 15 is 0 Å². The number of alkyl halides is 2. The topological polar surface area (TPSA) is 27.7 Å². The number of rotatable bonds is 7. The van der Waals surface area contributed by atoms with E-state index in [0.717, 1.165) is 12.1 Å². The molecule has 3 rings (SSSR count). The van der Waals surface area contributed by atoms with Crippen molar-refractivity contribution < 1.29 is 40.6 Å². The maximum atomic E-state index is 14.4. The Hall–Kier alpha value is -2.52. The minimum Gasteiger partial charge on any atom is -0.429 e. The molecule has 0 saturated carbocycles. The third kappa shape index (κ3) is 4.96. The number of hydrogen-bond acceptors (Lipinski definition) is 3. The third-order valence-corrected chi connectivity index (χ3v) is 4.57. The molecular formula is C21H18F6O3. The van der Waals surface area contributed by atoms with Gasteiger partial charge in [-0.15, -0.1) is 6.58 Å². The zero-order valence-corrected chi connectivity index (χ0v) is 15.6. The van der Waals surface area contributed by atoms with Crippen molar-refractivity contribution in [2.24, 2.45) is 0 Å². The second-order valence-corrected chi connectivity index (χ2v) is 6.70. The second kappa shape index (κ2) is 9.09. The average Bonchev–Trinajstić information content (AvgIpc) is 2.70. The Morgan fingerprint density at radius 1 is 1.03 bits per heavy atom. The summed E-state index contributed by atoms with van der Waals surface area (Å²) in [5.74, 6) is -7.51. The second-order valence-electron chi connectivity index (χ2n) is 6.70. The summed E-state index contributed by atoms with van der Waals surface area (Å²) in [5, 5.41) is 0. The molecular weight excluding hydrogens is 414 g/mol. The molecule has 1 aliphatic rings. The molecule has 2 aromatic carbocycles. The Kier molecular flexibility index (Phi) is 6.72. The van der Waals surface area contributed by atoms with Gasteiger partial charge in [0, 0.05) is 12.1 Å². The molecule has 0 aliphatic carbocycles. The smallest absolute Gasteiger partial charge is 0.429 e. The Morgan fingerprint density at radius 3 is 2.30 bits per heavy atom. The molecule has 0 radical (unpaired) electrons. The number of halogens is 6. The molecule has 0 N–H and O–H groups in total. The highest BCUT2D eigenvalue weighted by molar-refractivity contribution is 5.31. The number of ether oxygens (including phenoxy) is 3. The van der Waals surface area contributed by atoms with Crippen LogP contribution in [0, 0.1) is 23.3 Å². The summed E-state index contributed by atoms with van der Waals surface area (Å²) in [6, 6.07) is 3.47. The largest absolute Gasteiger partial charge is 0.429 e. The van der Waals surface area contributed by atoms with E-state index in [1.165, 1.54) is 6.07 Å². The molecule has 9 heteroatoms. The summed E-state index contributed by atoms with van der Waals surface area (Å²) in [5.41, 5.74) is -0.785. The zero-order valence-electron chi connectivity index (χ0n) is 15.6. The predicted molar refractivity (Wildman–Crippen MR) is 95.1 cm³/mol. The lowest BCUT2D eigenvalue weighted by molar-refractivity contribution is -0.187. The van der Waals surface area contributed by atoms with E-state index in [1.807, 2.05) is 0 Å². The van der Waals surface area contributed by atoms with Gasteiger partial charge in [-0.05, 0) is 30.5 Å². The Balaban J connectivity index is 1.72. The minimum absolute atomic E-state index is 0.127. The molecule has 30 heavy (non-hydrogen) atoms. The van der Waals surface area contributed by atoms with Gasteiger partial charge in [0.1, 0.15) is 11.6 Å². The normalized spacial score (nSPS) is 19.5. The standard InChI is InChI=1S/C21H18F6O3/c1-2-7-28-13-4-6-19(29-11-13)12-3-5-15(16(22)8-12)21(26,27)30-14-9-17(23)20(25)18(24)10-14/h2-3,5,8-10,13,19H,1,4,6-7,11H2. The lowest BCUT2D eigenvalue weighted by Crippen LogP contribution is -2.28. The maximum absolute atomic E-state index is 14.4. The van der Waals surface area contributed by atoms with Crippen LogP contribution in [0.2, 0.25) is 0 Å². The van der Waals surface area contributed by atoms with Gasteiger partial charge in [0.05, 0.1) is 31.0 Å². The summed E-state index contributed by atoms with van der Waals surface area (Å²) in [7, 11) is 0. The summed E-state index contributed by atoms with van der Waals surface area (Å²) in [6.45, 7) is 4.19. The van der Waals surface area contributed by atoms with Crippen molar-refractivity contribution in [3.63, 3.8) is 0 Å². The fourth-order valence-electron chi connectivity index (χ4n) is 3.09. The highest BCUT2D eigenvalue weighted by atomic mass is 19.3. The first-order valence-electron chi connectivity index (χ1n) is 9.06. The van der Waals surface area contributed by atoms with Crippen molar-refractivity contribution in [2.75, 3.05) is 13.2 Å². The van der Waals surface area contributed by atoms with Crippen LogP contribution < -0.4 is 4.74 Å². The summed E-state index contributed by atoms with van der Waals surface area (Å²) < 4.78 is 97.8. The first-order valence-corrected chi connectivity index (χ1v) is 9.06. The van der Waals surface area contributed by atoms with Crippen LogP contribution in [-0.2, 0) is 15.6 Å². The van der Waals surface area contributed by atoms with Crippen molar-refractivity contribution in [3.05, 3.63) is 77.4 Å². The first-order chi connectivity index (χ1) is 14.2. The van der Waals surface area contributed by atoms with Crippen LogP contribution in [0.1, 0.15) is 30.1 Å². The van der Waals surface area contributed by atoms with E-state index in [-0.39, 0.29) is 24.8 Å². The highest BCUT2D eigenvalue weighted by Gasteiger charge is 2.38. The summed E-state index contributed by atoms with van der Waals surface area (Å²) in [4.78, 5) is 0. The summed E-state index contributed by atoms with van der Waals surface area (Å²) >= 11 is 0. The van der Waals surface area contributed by atoms with Gasteiger partial charge < -0.3 is 14.2 Å². The molecule has 162 valence electrons. The molecule has 1 fully saturated rings. The van der Waals surface area contributed by atoms with Crippen LogP contribution in [0.15, 0.2) is 43.0 Å². The fourth-order valence-corrected chi connectivity index (χ4v) is 3.09. The maximum Gasteiger partial charge on any atom is 0.429 e. The minimum atomic E-state index is -4.25. The van der Waals surface area contributed by atoms with Crippen molar-refractivity contribution in [2.45, 2.75) is 31.2 Å². The molecule has 3 nitrogen and oxygen atoms in total. The molecule has 0 bridgehead atoms. The van der Waals surface area contributed by atoms with E-state index in [9.17, 15) is 26.3 Å². The van der Waals surface area contributed by atoms with Crippen molar-refractivity contribution in [3.8, 4) is 5.75 Å². The van der Waals surface area contributed by atoms with Gasteiger partial charge >= 0.3 is 6.11 Å². The van der Waals surface area contributed by atoms with Crippen LogP contribution in [-0.4, -0.2) is 19.3 Å². The Morgan fingerprint density at radius 2 is 1.73 bits per heavy atom. The van der Waals surface area contributed by atoms with Gasteiger partial charge in [-0.25, -0.2) is 17.6 Å². The molecule has 2 aromatic rings. The van der Waals surface area contributed by atoms with E-state index in [2.05, 4.69) is 11.3 Å². The molecule has 0 amide bonds.